The third-order valence-electron chi connectivity index (χ3n) is 3.94. The van der Waals surface area contributed by atoms with Crippen molar-refractivity contribution in [3.05, 3.63) is 35.4 Å². The maximum absolute atomic E-state index is 13.3. The third kappa shape index (κ3) is 3.33. The quantitative estimate of drug-likeness (QED) is 0.924. The van der Waals surface area contributed by atoms with Crippen molar-refractivity contribution < 1.29 is 18.7 Å². The molecule has 0 bridgehead atoms. The van der Waals surface area contributed by atoms with Crippen molar-refractivity contribution in [1.29, 1.82) is 0 Å². The van der Waals surface area contributed by atoms with Crippen molar-refractivity contribution in [1.82, 2.24) is 4.90 Å². The average molecular weight is 283 g/mol. The van der Waals surface area contributed by atoms with Gasteiger partial charge in [0, 0.05) is 12.1 Å². The number of carbonyl (C=O) groups is 1. The van der Waals surface area contributed by atoms with E-state index in [1.165, 1.54) is 12.1 Å². The second kappa shape index (κ2) is 6.31. The summed E-state index contributed by atoms with van der Waals surface area (Å²) in [6.07, 6.45) is 3.35. The van der Waals surface area contributed by atoms with Crippen LogP contribution in [0.4, 0.5) is 8.78 Å². The molecule has 0 radical (unpaired) electrons. The summed E-state index contributed by atoms with van der Waals surface area (Å²) in [5, 5.41) is 9.35. The van der Waals surface area contributed by atoms with Gasteiger partial charge in [-0.05, 0) is 44.0 Å². The Morgan fingerprint density at radius 1 is 1.25 bits per heavy atom. The number of likely N-dealkylation sites (tertiary alicyclic amines) is 1. The number of aliphatic carboxylic acids is 1. The lowest BCUT2D eigenvalue weighted by atomic mass is 10.0. The van der Waals surface area contributed by atoms with Gasteiger partial charge in [-0.3, -0.25) is 9.69 Å². The van der Waals surface area contributed by atoms with Crippen LogP contribution in [0, 0.1) is 11.6 Å². The lowest BCUT2D eigenvalue weighted by Crippen LogP contribution is -2.42. The fourth-order valence-corrected chi connectivity index (χ4v) is 2.87. The smallest absolute Gasteiger partial charge is 0.320 e. The number of hydrogen-bond donors (Lipinski definition) is 1. The van der Waals surface area contributed by atoms with Gasteiger partial charge in [-0.1, -0.05) is 12.8 Å². The fourth-order valence-electron chi connectivity index (χ4n) is 2.87. The molecule has 2 unspecified atom stereocenters. The van der Waals surface area contributed by atoms with Gasteiger partial charge in [0.2, 0.25) is 0 Å². The first-order valence-electron chi connectivity index (χ1n) is 6.93. The Balaban J connectivity index is 2.28. The molecule has 1 heterocycles. The van der Waals surface area contributed by atoms with E-state index in [2.05, 4.69) is 0 Å². The Morgan fingerprint density at radius 3 is 2.50 bits per heavy atom. The Labute approximate surface area is 117 Å². The highest BCUT2D eigenvalue weighted by Gasteiger charge is 2.31. The number of rotatable bonds is 3. The minimum atomic E-state index is -0.865. The Morgan fingerprint density at radius 2 is 1.90 bits per heavy atom. The fraction of sp³-hybridized carbons (Fsp3) is 0.533. The van der Waals surface area contributed by atoms with Gasteiger partial charge in [0.25, 0.3) is 0 Å². The molecular weight excluding hydrogens is 264 g/mol. The lowest BCUT2D eigenvalue weighted by Gasteiger charge is -2.33. The largest absolute Gasteiger partial charge is 0.480 e. The number of nitrogens with zero attached hydrogens (tertiary/aromatic N) is 1. The number of carboxylic acid groups (broad SMARTS) is 1. The van der Waals surface area contributed by atoms with Crippen LogP contribution in [0.5, 0.6) is 0 Å². The Bertz CT molecular complexity index is 473. The third-order valence-corrected chi connectivity index (χ3v) is 3.94. The number of carboxylic acids is 1. The number of hydrogen-bond acceptors (Lipinski definition) is 2. The summed E-state index contributed by atoms with van der Waals surface area (Å²) in [7, 11) is 0. The van der Waals surface area contributed by atoms with Gasteiger partial charge in [-0.25, -0.2) is 8.78 Å². The molecule has 0 amide bonds. The molecule has 0 aliphatic carbocycles. The van der Waals surface area contributed by atoms with Crippen LogP contribution < -0.4 is 0 Å². The van der Waals surface area contributed by atoms with Crippen LogP contribution in [0.2, 0.25) is 0 Å². The molecule has 1 aromatic carbocycles. The zero-order valence-electron chi connectivity index (χ0n) is 11.5. The molecule has 1 saturated heterocycles. The molecular formula is C15H19F2NO2. The van der Waals surface area contributed by atoms with E-state index in [0.29, 0.717) is 18.5 Å². The second-order valence-corrected chi connectivity index (χ2v) is 5.32. The van der Waals surface area contributed by atoms with Gasteiger partial charge < -0.3 is 5.11 Å². The van der Waals surface area contributed by atoms with Gasteiger partial charge in [0.15, 0.2) is 0 Å². The Kier molecular flexibility index (Phi) is 4.70. The van der Waals surface area contributed by atoms with Gasteiger partial charge in [0.1, 0.15) is 17.7 Å². The van der Waals surface area contributed by atoms with Crippen LogP contribution in [0.3, 0.4) is 0 Å². The summed E-state index contributed by atoms with van der Waals surface area (Å²) in [6, 6.07) is 2.47. The van der Waals surface area contributed by atoms with E-state index >= 15 is 0 Å². The van der Waals surface area contributed by atoms with Crippen LogP contribution in [-0.2, 0) is 4.79 Å². The van der Waals surface area contributed by atoms with Gasteiger partial charge >= 0.3 is 5.97 Å². The van der Waals surface area contributed by atoms with E-state index < -0.39 is 23.6 Å². The predicted molar refractivity (Wildman–Crippen MR) is 71.4 cm³/mol. The highest BCUT2D eigenvalue weighted by Crippen LogP contribution is 2.28. The van der Waals surface area contributed by atoms with Gasteiger partial charge in [-0.2, -0.15) is 0 Å². The molecule has 5 heteroatoms. The van der Waals surface area contributed by atoms with E-state index in [-0.39, 0.29) is 6.04 Å². The van der Waals surface area contributed by atoms with Crippen molar-refractivity contribution in [2.45, 2.75) is 44.7 Å². The van der Waals surface area contributed by atoms with Gasteiger partial charge in [-0.15, -0.1) is 0 Å². The monoisotopic (exact) mass is 283 g/mol. The molecule has 20 heavy (non-hydrogen) atoms. The summed E-state index contributed by atoms with van der Waals surface area (Å²) < 4.78 is 26.6. The standard InChI is InChI=1S/C15H19F2NO2/c1-10(11-7-12(16)9-13(17)8-11)18-6-4-2-3-5-14(18)15(19)20/h7-10,14H,2-6H2,1H3,(H,19,20). The summed E-state index contributed by atoms with van der Waals surface area (Å²) in [4.78, 5) is 13.2. The first-order valence-corrected chi connectivity index (χ1v) is 6.93. The summed E-state index contributed by atoms with van der Waals surface area (Å²) in [5.41, 5.74) is 0.482. The maximum Gasteiger partial charge on any atom is 0.320 e. The van der Waals surface area contributed by atoms with Crippen molar-refractivity contribution in [3.63, 3.8) is 0 Å². The molecule has 1 aromatic rings. The normalized spacial score (nSPS) is 22.2. The molecule has 2 atom stereocenters. The van der Waals surface area contributed by atoms with Crippen LogP contribution in [0.15, 0.2) is 18.2 Å². The number of benzene rings is 1. The van der Waals surface area contributed by atoms with E-state index in [4.69, 9.17) is 0 Å². The van der Waals surface area contributed by atoms with Crippen molar-refractivity contribution >= 4 is 5.97 Å². The molecule has 0 aromatic heterocycles. The van der Waals surface area contributed by atoms with Crippen molar-refractivity contribution in [3.8, 4) is 0 Å². The van der Waals surface area contributed by atoms with Crippen molar-refractivity contribution in [2.75, 3.05) is 6.54 Å². The molecule has 3 nitrogen and oxygen atoms in total. The zero-order chi connectivity index (χ0) is 14.7. The molecule has 0 spiro atoms. The first-order chi connectivity index (χ1) is 9.49. The number of halogens is 2. The molecule has 1 aliphatic heterocycles. The highest BCUT2D eigenvalue weighted by molar-refractivity contribution is 5.73. The van der Waals surface area contributed by atoms with Crippen LogP contribution >= 0.6 is 0 Å². The predicted octanol–water partition coefficient (Wildman–Crippen LogP) is 3.36. The molecule has 110 valence electrons. The summed E-state index contributed by atoms with van der Waals surface area (Å²) >= 11 is 0. The minimum absolute atomic E-state index is 0.320. The molecule has 1 aliphatic rings. The first kappa shape index (κ1) is 14.9. The molecule has 2 rings (SSSR count). The SMILES string of the molecule is CC(c1cc(F)cc(F)c1)N1CCCCCC1C(=O)O. The van der Waals surface area contributed by atoms with Gasteiger partial charge in [0.05, 0.1) is 0 Å². The van der Waals surface area contributed by atoms with Crippen LogP contribution in [0.1, 0.15) is 44.2 Å². The van der Waals surface area contributed by atoms with Crippen LogP contribution in [0.25, 0.3) is 0 Å². The average Bonchev–Trinajstić information content (AvgIpc) is 2.62. The minimum Gasteiger partial charge on any atom is -0.480 e. The molecule has 1 N–H and O–H groups in total. The molecule has 0 saturated carbocycles. The highest BCUT2D eigenvalue weighted by atomic mass is 19.1. The topological polar surface area (TPSA) is 40.5 Å². The summed E-state index contributed by atoms with van der Waals surface area (Å²) in [6.45, 7) is 2.44. The van der Waals surface area contributed by atoms with E-state index in [1.807, 2.05) is 4.90 Å². The van der Waals surface area contributed by atoms with E-state index in [9.17, 15) is 18.7 Å². The van der Waals surface area contributed by atoms with Crippen molar-refractivity contribution in [2.24, 2.45) is 0 Å². The molecule has 1 fully saturated rings. The van der Waals surface area contributed by atoms with E-state index in [1.54, 1.807) is 6.92 Å². The second-order valence-electron chi connectivity index (χ2n) is 5.32. The van der Waals surface area contributed by atoms with E-state index in [0.717, 1.165) is 25.3 Å². The maximum atomic E-state index is 13.3. The zero-order valence-corrected chi connectivity index (χ0v) is 11.5. The lowest BCUT2D eigenvalue weighted by molar-refractivity contribution is -0.144. The Hall–Kier alpha value is -1.49. The van der Waals surface area contributed by atoms with Crippen LogP contribution in [-0.4, -0.2) is 28.6 Å². The summed E-state index contributed by atoms with van der Waals surface area (Å²) in [5.74, 6) is -2.13.